The fraction of sp³-hybridized carbons (Fsp3) is 0.625. The Labute approximate surface area is 136 Å². The number of nitrogens with one attached hydrogen (secondary N) is 1. The molecule has 1 aliphatic heterocycles. The molecule has 1 saturated heterocycles. The van der Waals surface area contributed by atoms with Crippen molar-refractivity contribution in [2.45, 2.75) is 32.5 Å². The molecular formula is C16H24ClF3N2. The van der Waals surface area contributed by atoms with Gasteiger partial charge in [-0.05, 0) is 30.0 Å². The van der Waals surface area contributed by atoms with Crippen LogP contribution in [-0.4, -0.2) is 31.1 Å². The smallest absolute Gasteiger partial charge is 0.314 e. The fourth-order valence-corrected chi connectivity index (χ4v) is 2.83. The van der Waals surface area contributed by atoms with Crippen LogP contribution in [0.5, 0.6) is 0 Å². The van der Waals surface area contributed by atoms with E-state index in [1.54, 1.807) is 12.1 Å². The number of nitrogens with zero attached hydrogens (tertiary/aromatic N) is 1. The molecule has 1 aromatic carbocycles. The van der Waals surface area contributed by atoms with Gasteiger partial charge in [-0.3, -0.25) is 4.90 Å². The van der Waals surface area contributed by atoms with Gasteiger partial charge in [0, 0.05) is 32.2 Å². The second kappa shape index (κ2) is 8.18. The van der Waals surface area contributed by atoms with Crippen LogP contribution in [0.1, 0.15) is 37.4 Å². The van der Waals surface area contributed by atoms with Gasteiger partial charge in [0.25, 0.3) is 0 Å². The van der Waals surface area contributed by atoms with E-state index in [0.717, 1.165) is 38.2 Å². The van der Waals surface area contributed by atoms with Crippen LogP contribution in [0.25, 0.3) is 0 Å². The van der Waals surface area contributed by atoms with Gasteiger partial charge in [0.15, 0.2) is 0 Å². The Balaban J connectivity index is 0.00000242. The second-order valence-corrected chi connectivity index (χ2v) is 6.05. The highest BCUT2D eigenvalue weighted by molar-refractivity contribution is 5.85. The van der Waals surface area contributed by atoms with Crippen LogP contribution in [0.4, 0.5) is 13.2 Å². The first-order chi connectivity index (χ1) is 9.88. The molecule has 0 radical (unpaired) electrons. The van der Waals surface area contributed by atoms with Crippen LogP contribution in [0.2, 0.25) is 0 Å². The molecule has 2 nitrogen and oxygen atoms in total. The Morgan fingerprint density at radius 1 is 1.09 bits per heavy atom. The number of halogens is 4. The number of alkyl halides is 3. The van der Waals surface area contributed by atoms with E-state index in [1.807, 2.05) is 0 Å². The van der Waals surface area contributed by atoms with E-state index in [4.69, 9.17) is 0 Å². The predicted octanol–water partition coefficient (Wildman–Crippen LogP) is 4.12. The zero-order valence-corrected chi connectivity index (χ0v) is 13.8. The SMILES string of the molecule is CC(C)C[C@@H](c1ccc(C(F)(F)F)cc1)N1CCNCC1.Cl. The summed E-state index contributed by atoms with van der Waals surface area (Å²) >= 11 is 0. The molecule has 0 saturated carbocycles. The first-order valence-corrected chi connectivity index (χ1v) is 7.50. The molecule has 0 aromatic heterocycles. The van der Waals surface area contributed by atoms with Crippen molar-refractivity contribution in [3.8, 4) is 0 Å². The lowest BCUT2D eigenvalue weighted by Gasteiger charge is -2.36. The number of piperazine rings is 1. The summed E-state index contributed by atoms with van der Waals surface area (Å²) in [6.45, 7) is 8.07. The Morgan fingerprint density at radius 2 is 1.64 bits per heavy atom. The van der Waals surface area contributed by atoms with Crippen molar-refractivity contribution in [2.75, 3.05) is 26.2 Å². The van der Waals surface area contributed by atoms with Crippen LogP contribution >= 0.6 is 12.4 Å². The summed E-state index contributed by atoms with van der Waals surface area (Å²) in [6.07, 6.45) is -3.30. The normalized spacial score (nSPS) is 18.1. The second-order valence-electron chi connectivity index (χ2n) is 6.05. The van der Waals surface area contributed by atoms with Gasteiger partial charge < -0.3 is 5.32 Å². The summed E-state index contributed by atoms with van der Waals surface area (Å²) in [6, 6.07) is 5.88. The van der Waals surface area contributed by atoms with Gasteiger partial charge in [-0.15, -0.1) is 12.4 Å². The van der Waals surface area contributed by atoms with E-state index < -0.39 is 11.7 Å². The molecule has 0 aliphatic carbocycles. The van der Waals surface area contributed by atoms with Crippen molar-refractivity contribution in [3.63, 3.8) is 0 Å². The molecule has 1 heterocycles. The predicted molar refractivity (Wildman–Crippen MR) is 85.3 cm³/mol. The van der Waals surface area contributed by atoms with E-state index in [0.29, 0.717) is 5.92 Å². The van der Waals surface area contributed by atoms with Gasteiger partial charge in [-0.1, -0.05) is 26.0 Å². The van der Waals surface area contributed by atoms with Crippen LogP contribution in [0, 0.1) is 5.92 Å². The van der Waals surface area contributed by atoms with Crippen LogP contribution in [0.3, 0.4) is 0 Å². The maximum Gasteiger partial charge on any atom is 0.416 e. The topological polar surface area (TPSA) is 15.3 Å². The van der Waals surface area contributed by atoms with Gasteiger partial charge in [-0.2, -0.15) is 13.2 Å². The quantitative estimate of drug-likeness (QED) is 0.889. The highest BCUT2D eigenvalue weighted by Gasteiger charge is 2.31. The molecule has 22 heavy (non-hydrogen) atoms. The molecule has 1 fully saturated rings. The average Bonchev–Trinajstić information content (AvgIpc) is 2.45. The number of hydrogen-bond donors (Lipinski definition) is 1. The molecular weight excluding hydrogens is 313 g/mol. The Morgan fingerprint density at radius 3 is 2.09 bits per heavy atom. The molecule has 6 heteroatoms. The molecule has 126 valence electrons. The average molecular weight is 337 g/mol. The number of rotatable bonds is 4. The highest BCUT2D eigenvalue weighted by atomic mass is 35.5. The van der Waals surface area contributed by atoms with E-state index in [9.17, 15) is 13.2 Å². The maximum absolute atomic E-state index is 12.7. The fourth-order valence-electron chi connectivity index (χ4n) is 2.83. The summed E-state index contributed by atoms with van der Waals surface area (Å²) in [4.78, 5) is 2.37. The van der Waals surface area contributed by atoms with E-state index in [1.165, 1.54) is 12.1 Å². The minimum atomic E-state index is -4.26. The first-order valence-electron chi connectivity index (χ1n) is 7.50. The Bertz CT molecular complexity index is 440. The third kappa shape index (κ3) is 5.14. The van der Waals surface area contributed by atoms with Crippen molar-refractivity contribution in [1.82, 2.24) is 10.2 Å². The molecule has 1 aliphatic rings. The van der Waals surface area contributed by atoms with Gasteiger partial charge in [0.1, 0.15) is 0 Å². The molecule has 0 amide bonds. The summed E-state index contributed by atoms with van der Waals surface area (Å²) < 4.78 is 38.0. The van der Waals surface area contributed by atoms with E-state index in [-0.39, 0.29) is 18.4 Å². The van der Waals surface area contributed by atoms with Crippen LogP contribution < -0.4 is 5.32 Å². The van der Waals surface area contributed by atoms with E-state index >= 15 is 0 Å². The third-order valence-electron chi connectivity index (χ3n) is 3.91. The van der Waals surface area contributed by atoms with Crippen molar-refractivity contribution >= 4 is 12.4 Å². The molecule has 0 bridgehead atoms. The van der Waals surface area contributed by atoms with Crippen molar-refractivity contribution in [1.29, 1.82) is 0 Å². The van der Waals surface area contributed by atoms with Gasteiger partial charge in [0.2, 0.25) is 0 Å². The summed E-state index contributed by atoms with van der Waals surface area (Å²) in [5.41, 5.74) is 0.411. The minimum Gasteiger partial charge on any atom is -0.314 e. The molecule has 2 rings (SSSR count). The van der Waals surface area contributed by atoms with Crippen LogP contribution in [-0.2, 0) is 6.18 Å². The zero-order valence-electron chi connectivity index (χ0n) is 13.0. The zero-order chi connectivity index (χ0) is 15.5. The monoisotopic (exact) mass is 336 g/mol. The summed E-state index contributed by atoms with van der Waals surface area (Å²) in [5, 5.41) is 3.31. The Kier molecular flexibility index (Phi) is 7.16. The summed E-state index contributed by atoms with van der Waals surface area (Å²) in [5.74, 6) is 0.507. The Hall–Kier alpha value is -0.780. The number of hydrogen-bond acceptors (Lipinski definition) is 2. The van der Waals surface area contributed by atoms with E-state index in [2.05, 4.69) is 24.1 Å². The molecule has 0 unspecified atom stereocenters. The van der Waals surface area contributed by atoms with Gasteiger partial charge in [-0.25, -0.2) is 0 Å². The van der Waals surface area contributed by atoms with Crippen molar-refractivity contribution in [3.05, 3.63) is 35.4 Å². The largest absolute Gasteiger partial charge is 0.416 e. The van der Waals surface area contributed by atoms with Crippen molar-refractivity contribution in [2.24, 2.45) is 5.92 Å². The molecule has 0 spiro atoms. The van der Waals surface area contributed by atoms with Crippen molar-refractivity contribution < 1.29 is 13.2 Å². The highest BCUT2D eigenvalue weighted by Crippen LogP contribution is 2.32. The molecule has 1 aromatic rings. The summed E-state index contributed by atoms with van der Waals surface area (Å²) in [7, 11) is 0. The standard InChI is InChI=1S/C16H23F3N2.ClH/c1-12(2)11-15(21-9-7-20-8-10-21)13-3-5-14(6-4-13)16(17,18)19;/h3-6,12,15,20H,7-11H2,1-2H3;1H/t15-;/m0./s1. The molecule has 1 atom stereocenters. The number of benzene rings is 1. The molecule has 1 N–H and O–H groups in total. The van der Waals surface area contributed by atoms with Gasteiger partial charge >= 0.3 is 6.18 Å². The van der Waals surface area contributed by atoms with Crippen LogP contribution in [0.15, 0.2) is 24.3 Å². The minimum absolute atomic E-state index is 0. The third-order valence-corrected chi connectivity index (χ3v) is 3.91. The lowest BCUT2D eigenvalue weighted by Crippen LogP contribution is -2.45. The lowest BCUT2D eigenvalue weighted by molar-refractivity contribution is -0.137. The maximum atomic E-state index is 12.7. The first kappa shape index (κ1) is 19.3. The van der Waals surface area contributed by atoms with Gasteiger partial charge in [0.05, 0.1) is 5.56 Å². The lowest BCUT2D eigenvalue weighted by atomic mass is 9.94.